The van der Waals surface area contributed by atoms with E-state index in [-0.39, 0.29) is 10.8 Å². The molecule has 2 aromatic rings. The minimum Gasteiger partial charge on any atom is -0.303 e. The Morgan fingerprint density at radius 3 is 2.17 bits per heavy atom. The van der Waals surface area contributed by atoms with E-state index in [9.17, 15) is 13.2 Å². The van der Waals surface area contributed by atoms with Gasteiger partial charge in [0.1, 0.15) is 6.29 Å². The monoisotopic (exact) mass is 348 g/mol. The fourth-order valence-electron chi connectivity index (χ4n) is 3.04. The summed E-state index contributed by atoms with van der Waals surface area (Å²) in [6.07, 6.45) is 1.69. The average Bonchev–Trinajstić information content (AvgIpc) is 3.31. The van der Waals surface area contributed by atoms with Crippen molar-refractivity contribution < 1.29 is 13.2 Å². The van der Waals surface area contributed by atoms with E-state index in [0.29, 0.717) is 5.02 Å². The number of aryl methyl sites for hydroxylation is 1. The minimum absolute atomic E-state index is 0.214. The Hall–Kier alpha value is -1.65. The predicted octanol–water partition coefficient (Wildman–Crippen LogP) is 3.66. The third kappa shape index (κ3) is 2.93. The molecule has 0 spiro atoms. The Morgan fingerprint density at radius 1 is 1.04 bits per heavy atom. The quantitative estimate of drug-likeness (QED) is 0.775. The summed E-state index contributed by atoms with van der Waals surface area (Å²) >= 11 is 5.82. The Balaban J connectivity index is 1.92. The smallest absolute Gasteiger partial charge is 0.182 e. The van der Waals surface area contributed by atoms with Crippen molar-refractivity contribution in [3.63, 3.8) is 0 Å². The Morgan fingerprint density at radius 2 is 1.65 bits per heavy atom. The van der Waals surface area contributed by atoms with Crippen LogP contribution in [0.15, 0.2) is 53.4 Å². The zero-order chi connectivity index (χ0) is 16.6. The molecule has 23 heavy (non-hydrogen) atoms. The number of aldehydes is 1. The topological polar surface area (TPSA) is 51.2 Å². The van der Waals surface area contributed by atoms with Crippen molar-refractivity contribution in [3.8, 4) is 0 Å². The van der Waals surface area contributed by atoms with Crippen LogP contribution in [0.2, 0.25) is 5.02 Å². The van der Waals surface area contributed by atoms with Crippen LogP contribution in [0.1, 0.15) is 24.0 Å². The normalized spacial score (nSPS) is 23.5. The van der Waals surface area contributed by atoms with Crippen LogP contribution in [0.4, 0.5) is 0 Å². The largest absolute Gasteiger partial charge is 0.303 e. The van der Waals surface area contributed by atoms with Crippen LogP contribution in [-0.2, 0) is 21.1 Å². The van der Waals surface area contributed by atoms with Gasteiger partial charge in [0.05, 0.1) is 10.1 Å². The van der Waals surface area contributed by atoms with Crippen LogP contribution in [-0.4, -0.2) is 20.0 Å². The maximum atomic E-state index is 12.8. The highest BCUT2D eigenvalue weighted by molar-refractivity contribution is 7.92. The maximum absolute atomic E-state index is 12.8. The molecule has 0 unspecified atom stereocenters. The van der Waals surface area contributed by atoms with Crippen molar-refractivity contribution in [1.82, 2.24) is 0 Å². The summed E-state index contributed by atoms with van der Waals surface area (Å²) in [5.74, 6) is -0.748. The molecule has 3 rings (SSSR count). The number of halogens is 1. The zero-order valence-corrected chi connectivity index (χ0v) is 14.2. The number of hydrogen-bond acceptors (Lipinski definition) is 3. The van der Waals surface area contributed by atoms with Gasteiger partial charge in [-0.1, -0.05) is 42.8 Å². The number of hydrogen-bond donors (Lipinski definition) is 0. The fraction of sp³-hybridized carbons (Fsp3) is 0.278. The molecule has 5 heteroatoms. The first-order valence-electron chi connectivity index (χ1n) is 7.52. The summed E-state index contributed by atoms with van der Waals surface area (Å²) in [5.41, 5.74) is 2.09. The first-order valence-corrected chi connectivity index (χ1v) is 9.45. The Labute approximate surface area is 141 Å². The lowest BCUT2D eigenvalue weighted by molar-refractivity contribution is -0.108. The van der Waals surface area contributed by atoms with Crippen LogP contribution in [0, 0.1) is 5.92 Å². The lowest BCUT2D eigenvalue weighted by Crippen LogP contribution is -2.11. The molecule has 1 aliphatic carbocycles. The lowest BCUT2D eigenvalue weighted by atomic mass is 10.1. The minimum atomic E-state index is -3.55. The van der Waals surface area contributed by atoms with E-state index >= 15 is 0 Å². The Kier molecular flexibility index (Phi) is 4.30. The maximum Gasteiger partial charge on any atom is 0.182 e. The summed E-state index contributed by atoms with van der Waals surface area (Å²) in [5, 5.41) is -0.202. The van der Waals surface area contributed by atoms with Crippen LogP contribution in [0.3, 0.4) is 0 Å². The molecular formula is C18H17ClO3S. The van der Waals surface area contributed by atoms with E-state index in [1.165, 1.54) is 17.7 Å². The van der Waals surface area contributed by atoms with E-state index in [2.05, 4.69) is 6.92 Å². The summed E-state index contributed by atoms with van der Waals surface area (Å²) in [6.45, 7) is 2.06. The standard InChI is InChI=1S/C18H17ClO3S/c1-2-12-3-5-13(6-4-12)17-16(11-20)18(17)23(21,22)15-9-7-14(19)8-10-15/h3-11,16-18H,2H2,1H3/t16-,17-,18+/m1/s1. The third-order valence-corrected chi connectivity index (χ3v) is 6.94. The molecule has 2 aromatic carbocycles. The number of sulfone groups is 1. The SMILES string of the molecule is CCc1ccc([C@@H]2[C@@H](C=O)[C@@H]2S(=O)(=O)c2ccc(Cl)cc2)cc1. The van der Waals surface area contributed by atoms with Gasteiger partial charge in [-0.3, -0.25) is 0 Å². The molecule has 0 bridgehead atoms. The van der Waals surface area contributed by atoms with Crippen LogP contribution in [0.25, 0.3) is 0 Å². The summed E-state index contributed by atoms with van der Waals surface area (Å²) < 4.78 is 25.6. The molecule has 1 aliphatic rings. The predicted molar refractivity (Wildman–Crippen MR) is 90.5 cm³/mol. The molecule has 0 heterocycles. The molecule has 3 nitrogen and oxygen atoms in total. The van der Waals surface area contributed by atoms with E-state index in [4.69, 9.17) is 11.6 Å². The van der Waals surface area contributed by atoms with Crippen LogP contribution in [0.5, 0.6) is 0 Å². The van der Waals surface area contributed by atoms with Crippen molar-refractivity contribution in [3.05, 3.63) is 64.7 Å². The van der Waals surface area contributed by atoms with Crippen molar-refractivity contribution in [2.45, 2.75) is 29.4 Å². The molecule has 0 N–H and O–H groups in total. The van der Waals surface area contributed by atoms with Crippen molar-refractivity contribution >= 4 is 27.7 Å². The van der Waals surface area contributed by atoms with Crippen LogP contribution >= 0.6 is 11.6 Å². The zero-order valence-electron chi connectivity index (χ0n) is 12.6. The number of carbonyl (C=O) groups is 1. The molecule has 0 aromatic heterocycles. The first-order chi connectivity index (χ1) is 11.0. The molecule has 0 aliphatic heterocycles. The van der Waals surface area contributed by atoms with Gasteiger partial charge in [0.15, 0.2) is 9.84 Å². The van der Waals surface area contributed by atoms with E-state index in [1.54, 1.807) is 12.1 Å². The highest BCUT2D eigenvalue weighted by Gasteiger charge is 2.58. The average molecular weight is 349 g/mol. The lowest BCUT2D eigenvalue weighted by Gasteiger charge is -2.05. The molecule has 1 fully saturated rings. The molecule has 0 saturated heterocycles. The van der Waals surface area contributed by atoms with Gasteiger partial charge in [0.2, 0.25) is 0 Å². The third-order valence-electron chi connectivity index (χ3n) is 4.44. The van der Waals surface area contributed by atoms with E-state index < -0.39 is 21.0 Å². The van der Waals surface area contributed by atoms with Gasteiger partial charge < -0.3 is 4.79 Å². The van der Waals surface area contributed by atoms with Crippen molar-refractivity contribution in [2.75, 3.05) is 0 Å². The number of carbonyl (C=O) groups excluding carboxylic acids is 1. The van der Waals surface area contributed by atoms with Gasteiger partial charge in [-0.25, -0.2) is 8.42 Å². The van der Waals surface area contributed by atoms with Crippen LogP contribution < -0.4 is 0 Å². The second-order valence-electron chi connectivity index (χ2n) is 5.80. The fourth-order valence-corrected chi connectivity index (χ4v) is 5.27. The summed E-state index contributed by atoms with van der Waals surface area (Å²) in [7, 11) is -3.55. The molecule has 120 valence electrons. The van der Waals surface area contributed by atoms with Crippen molar-refractivity contribution in [2.24, 2.45) is 5.92 Å². The van der Waals surface area contributed by atoms with Crippen molar-refractivity contribution in [1.29, 1.82) is 0 Å². The summed E-state index contributed by atoms with van der Waals surface area (Å²) in [6, 6.07) is 13.9. The number of rotatable bonds is 5. The molecule has 0 amide bonds. The van der Waals surface area contributed by atoms with Gasteiger partial charge in [0.25, 0.3) is 0 Å². The highest BCUT2D eigenvalue weighted by atomic mass is 35.5. The van der Waals surface area contributed by atoms with Gasteiger partial charge >= 0.3 is 0 Å². The van der Waals surface area contributed by atoms with E-state index in [0.717, 1.165) is 18.3 Å². The van der Waals surface area contributed by atoms with Gasteiger partial charge in [0, 0.05) is 16.9 Å². The van der Waals surface area contributed by atoms with Gasteiger partial charge in [-0.2, -0.15) is 0 Å². The molecule has 1 saturated carbocycles. The van der Waals surface area contributed by atoms with Gasteiger partial charge in [-0.05, 0) is 41.8 Å². The molecule has 0 radical (unpaired) electrons. The number of benzene rings is 2. The highest BCUT2D eigenvalue weighted by Crippen LogP contribution is 2.52. The van der Waals surface area contributed by atoms with E-state index in [1.807, 2.05) is 24.3 Å². The first kappa shape index (κ1) is 16.2. The second kappa shape index (κ2) is 6.10. The molecular weight excluding hydrogens is 332 g/mol. The summed E-state index contributed by atoms with van der Waals surface area (Å²) in [4.78, 5) is 11.5. The second-order valence-corrected chi connectivity index (χ2v) is 8.34. The Bertz CT molecular complexity index is 810. The van der Waals surface area contributed by atoms with Gasteiger partial charge in [-0.15, -0.1) is 0 Å². The molecule has 3 atom stereocenters.